The van der Waals surface area contributed by atoms with Crippen LogP contribution in [0.25, 0.3) is 0 Å². The van der Waals surface area contributed by atoms with Crippen LogP contribution in [0.3, 0.4) is 0 Å². The second-order valence-corrected chi connectivity index (χ2v) is 0.983. The van der Waals surface area contributed by atoms with Crippen LogP contribution in [0.1, 0.15) is 13.8 Å². The molecule has 0 bridgehead atoms. The zero-order valence-electron chi connectivity index (χ0n) is 6.63. The molecule has 0 rings (SSSR count). The Balaban J connectivity index is -0.0000000300. The van der Waals surface area contributed by atoms with E-state index in [1.807, 2.05) is 0 Å². The monoisotopic (exact) mass is 290 g/mol. The SMILES string of the molecule is CC(=O)[O-].CC(=O)[O-].[Cs+].[K+]. The molecule has 10 heavy (non-hydrogen) atoms. The molecule has 0 aliphatic rings. The summed E-state index contributed by atoms with van der Waals surface area (Å²) in [6.45, 7) is 1.94. The smallest absolute Gasteiger partial charge is 0.550 e. The van der Waals surface area contributed by atoms with Gasteiger partial charge in [0.1, 0.15) is 0 Å². The van der Waals surface area contributed by atoms with Gasteiger partial charge < -0.3 is 19.8 Å². The Labute approximate surface area is 161 Å². The van der Waals surface area contributed by atoms with Crippen molar-refractivity contribution in [1.82, 2.24) is 0 Å². The normalized spacial score (nSPS) is 5.00. The van der Waals surface area contributed by atoms with Crippen LogP contribution in [-0.2, 0) is 9.59 Å². The van der Waals surface area contributed by atoms with E-state index in [0.717, 1.165) is 13.8 Å². The van der Waals surface area contributed by atoms with E-state index in [1.54, 1.807) is 0 Å². The van der Waals surface area contributed by atoms with E-state index < -0.39 is 11.9 Å². The summed E-state index contributed by atoms with van der Waals surface area (Å²) in [6.07, 6.45) is 0. The molecule has 48 valence electrons. The van der Waals surface area contributed by atoms with E-state index in [4.69, 9.17) is 19.8 Å². The number of rotatable bonds is 0. The maximum atomic E-state index is 8.89. The Morgan fingerprint density at radius 1 is 1.00 bits per heavy atom. The van der Waals surface area contributed by atoms with Gasteiger partial charge in [0.2, 0.25) is 0 Å². The molecule has 0 atom stereocenters. The molecule has 0 aromatic heterocycles. The van der Waals surface area contributed by atoms with Crippen LogP contribution in [-0.4, -0.2) is 11.9 Å². The molecule has 0 saturated heterocycles. The van der Waals surface area contributed by atoms with Gasteiger partial charge in [0.05, 0.1) is 0 Å². The van der Waals surface area contributed by atoms with Crippen LogP contribution < -0.4 is 130 Å². The molecule has 0 radical (unpaired) electrons. The van der Waals surface area contributed by atoms with Gasteiger partial charge in [-0.05, 0) is 13.8 Å². The summed E-state index contributed by atoms with van der Waals surface area (Å²) < 4.78 is 0. The standard InChI is InChI=1S/2C2H4O2.Cs.K/c2*1-2(3)4;;/h2*1H3,(H,3,4);;/q;;2*+1/p-2. The third-order valence-electron chi connectivity index (χ3n) is 0. The molecule has 0 amide bonds. The molecule has 6 heteroatoms. The Morgan fingerprint density at radius 3 is 1.00 bits per heavy atom. The first kappa shape index (κ1) is 22.9. The minimum atomic E-state index is -1.08. The summed E-state index contributed by atoms with van der Waals surface area (Å²) in [5.41, 5.74) is 0. The van der Waals surface area contributed by atoms with Crippen LogP contribution in [0.2, 0.25) is 0 Å². The molecule has 0 aliphatic carbocycles. The van der Waals surface area contributed by atoms with Crippen LogP contribution in [0, 0.1) is 0 Å². The van der Waals surface area contributed by atoms with Crippen molar-refractivity contribution in [2.45, 2.75) is 13.8 Å². The number of carboxylic acids is 2. The van der Waals surface area contributed by atoms with Gasteiger partial charge >= 0.3 is 120 Å². The van der Waals surface area contributed by atoms with Gasteiger partial charge in [0.15, 0.2) is 0 Å². The number of aliphatic carboxylic acids is 2. The van der Waals surface area contributed by atoms with Crippen LogP contribution in [0.5, 0.6) is 0 Å². The molecule has 0 N–H and O–H groups in total. The molecule has 0 spiro atoms. The number of carboxylic acid groups (broad SMARTS) is 2. The second kappa shape index (κ2) is 17.6. The number of carbonyl (C=O) groups is 2. The van der Waals surface area contributed by atoms with Crippen molar-refractivity contribution < 1.29 is 140 Å². The van der Waals surface area contributed by atoms with Crippen molar-refractivity contribution in [3.8, 4) is 0 Å². The van der Waals surface area contributed by atoms with Crippen molar-refractivity contribution in [2.24, 2.45) is 0 Å². The Kier molecular flexibility index (Phi) is 40.5. The van der Waals surface area contributed by atoms with Crippen molar-refractivity contribution in [2.75, 3.05) is 0 Å². The van der Waals surface area contributed by atoms with Crippen molar-refractivity contribution in [1.29, 1.82) is 0 Å². The van der Waals surface area contributed by atoms with Gasteiger partial charge in [-0.1, -0.05) is 0 Å². The van der Waals surface area contributed by atoms with Gasteiger partial charge in [-0.3, -0.25) is 0 Å². The molecule has 0 fully saturated rings. The molecular formula is C4H6CsKO4. The predicted octanol–water partition coefficient (Wildman–Crippen LogP) is -8.48. The maximum Gasteiger partial charge on any atom is 1.00 e. The Morgan fingerprint density at radius 2 is 1.00 bits per heavy atom. The van der Waals surface area contributed by atoms with E-state index in [1.165, 1.54) is 0 Å². The Bertz CT molecular complexity index is 75.3. The van der Waals surface area contributed by atoms with Crippen LogP contribution in [0.15, 0.2) is 0 Å². The minimum absolute atomic E-state index is 0. The predicted molar refractivity (Wildman–Crippen MR) is 21.4 cm³/mol. The zero-order chi connectivity index (χ0) is 7.15. The zero-order valence-corrected chi connectivity index (χ0v) is 16.0. The van der Waals surface area contributed by atoms with E-state index in [0.29, 0.717) is 0 Å². The van der Waals surface area contributed by atoms with E-state index in [9.17, 15) is 0 Å². The van der Waals surface area contributed by atoms with Gasteiger partial charge in [0, 0.05) is 11.9 Å². The number of carbonyl (C=O) groups excluding carboxylic acids is 2. The fourth-order valence-corrected chi connectivity index (χ4v) is 0. The Hall–Kier alpha value is 2.63. The van der Waals surface area contributed by atoms with Crippen molar-refractivity contribution >= 4 is 11.9 Å². The van der Waals surface area contributed by atoms with Crippen molar-refractivity contribution in [3.63, 3.8) is 0 Å². The molecule has 0 aliphatic heterocycles. The summed E-state index contributed by atoms with van der Waals surface area (Å²) in [7, 11) is 0. The van der Waals surface area contributed by atoms with Gasteiger partial charge in [0.25, 0.3) is 0 Å². The minimum Gasteiger partial charge on any atom is -0.550 e. The fourth-order valence-electron chi connectivity index (χ4n) is 0. The molecular weight excluding hydrogens is 284 g/mol. The summed E-state index contributed by atoms with van der Waals surface area (Å²) in [5.74, 6) is -2.17. The molecule has 0 heterocycles. The van der Waals surface area contributed by atoms with Crippen LogP contribution in [0.4, 0.5) is 0 Å². The summed E-state index contributed by atoms with van der Waals surface area (Å²) in [4.78, 5) is 17.8. The first-order valence-electron chi connectivity index (χ1n) is 1.82. The third-order valence-corrected chi connectivity index (χ3v) is 0. The third kappa shape index (κ3) is 143. The van der Waals surface area contributed by atoms with E-state index in [2.05, 4.69) is 0 Å². The molecule has 0 saturated carbocycles. The van der Waals surface area contributed by atoms with Crippen LogP contribution >= 0.6 is 0 Å². The topological polar surface area (TPSA) is 80.3 Å². The van der Waals surface area contributed by atoms with Gasteiger partial charge in [-0.2, -0.15) is 0 Å². The fraction of sp³-hybridized carbons (Fsp3) is 0.500. The first-order valence-corrected chi connectivity index (χ1v) is 1.82. The van der Waals surface area contributed by atoms with Gasteiger partial charge in [-0.25, -0.2) is 0 Å². The van der Waals surface area contributed by atoms with Crippen molar-refractivity contribution in [3.05, 3.63) is 0 Å². The maximum absolute atomic E-state index is 8.89. The number of hydrogen-bond donors (Lipinski definition) is 0. The summed E-state index contributed by atoms with van der Waals surface area (Å²) >= 11 is 0. The average Bonchev–Trinajstić information content (AvgIpc) is 1.25. The molecule has 0 aromatic carbocycles. The molecule has 4 nitrogen and oxygen atoms in total. The second-order valence-electron chi connectivity index (χ2n) is 0.983. The van der Waals surface area contributed by atoms with E-state index >= 15 is 0 Å². The van der Waals surface area contributed by atoms with E-state index in [-0.39, 0.29) is 120 Å². The molecule has 0 aromatic rings. The quantitative estimate of drug-likeness (QED) is 0.415. The van der Waals surface area contributed by atoms with Gasteiger partial charge in [-0.15, -0.1) is 0 Å². The first-order chi connectivity index (χ1) is 3.46. The average molecular weight is 290 g/mol. The summed E-state index contributed by atoms with van der Waals surface area (Å²) in [5, 5.41) is 17.8. The summed E-state index contributed by atoms with van der Waals surface area (Å²) in [6, 6.07) is 0. The molecule has 0 unspecified atom stereocenters. The number of hydrogen-bond acceptors (Lipinski definition) is 4. The largest absolute Gasteiger partial charge is 1.00 e.